The van der Waals surface area contributed by atoms with Crippen LogP contribution in [-0.2, 0) is 21.0 Å². The molecule has 1 amide bonds. The second kappa shape index (κ2) is 16.5. The highest BCUT2D eigenvalue weighted by atomic mass is 32.2. The first-order valence-corrected chi connectivity index (χ1v) is 22.0. The number of carbonyl (C=O) groups is 1. The largest absolute Gasteiger partial charge is 0.402 e. The van der Waals surface area contributed by atoms with Gasteiger partial charge in [0.2, 0.25) is 0 Å². The minimum absolute atomic E-state index is 0.170. The van der Waals surface area contributed by atoms with E-state index in [1.807, 2.05) is 29.7 Å². The van der Waals surface area contributed by atoms with Gasteiger partial charge < -0.3 is 19.9 Å². The van der Waals surface area contributed by atoms with Crippen molar-refractivity contribution in [3.05, 3.63) is 153 Å². The van der Waals surface area contributed by atoms with Crippen LogP contribution in [0.5, 0.6) is 0 Å². The van der Waals surface area contributed by atoms with Crippen LogP contribution in [0.15, 0.2) is 124 Å². The molecule has 0 unspecified atom stereocenters. The number of carbonyl (C=O) groups excluding carboxylic acids is 1. The topological polar surface area (TPSA) is 154 Å². The van der Waals surface area contributed by atoms with Gasteiger partial charge in [0.25, 0.3) is 5.91 Å². The number of hydrogen-bond donors (Lipinski definition) is 2. The number of nitrogens with zero attached hydrogens (tertiary/aromatic N) is 6. The summed E-state index contributed by atoms with van der Waals surface area (Å²) in [6.07, 6.45) is 8.94. The third kappa shape index (κ3) is 7.72. The lowest BCUT2D eigenvalue weighted by Gasteiger charge is -2.36. The summed E-state index contributed by atoms with van der Waals surface area (Å²) in [5.41, 5.74) is 12.7. The van der Waals surface area contributed by atoms with Crippen LogP contribution in [-0.4, -0.2) is 71.1 Å². The number of halogens is 1. The van der Waals surface area contributed by atoms with Gasteiger partial charge in [0.1, 0.15) is 17.3 Å². The monoisotopic (exact) mass is 828 g/mol. The Morgan fingerprint density at radius 2 is 1.77 bits per heavy atom. The minimum atomic E-state index is -2.95. The normalized spacial score (nSPS) is 17.6. The van der Waals surface area contributed by atoms with Gasteiger partial charge in [-0.3, -0.25) is 18.9 Å². The standard InChI is InChI=1S/C46H49FN8O4S/c1-5-60(49,58)38-11-9-37(10-12-38)53-19-20-54(46(53)57)44(51-36-23-29(2)43(47)30(3)24-36)42-31(4)52(18-14-39(42)48)45(56)41-26-35-25-34(33-15-21-59-22-16-33)8-13-40(35)55(41)28-32-7-6-17-50-27-32/h6-13,17,19-20,23-27,31,33,49H,5,14-16,18,21-22,28,48H2,1-4H3/t31-,60-/m0/s1. The molecule has 12 nitrogen and oxygen atoms in total. The van der Waals surface area contributed by atoms with Gasteiger partial charge >= 0.3 is 5.69 Å². The zero-order valence-electron chi connectivity index (χ0n) is 34.2. The number of aryl methyl sites for hydroxylation is 2. The number of fused-ring (bicyclic) bond motifs is 1. The molecule has 0 bridgehead atoms. The summed E-state index contributed by atoms with van der Waals surface area (Å²) in [5, 5.41) is 0.969. The molecule has 3 N–H and O–H groups in total. The molecule has 0 radical (unpaired) electrons. The Bertz CT molecular complexity index is 2810. The van der Waals surface area contributed by atoms with Gasteiger partial charge in [-0.1, -0.05) is 19.1 Å². The number of pyridine rings is 1. The molecule has 2 aliphatic rings. The molecule has 1 fully saturated rings. The molecule has 3 aromatic carbocycles. The van der Waals surface area contributed by atoms with Crippen molar-refractivity contribution in [2.24, 2.45) is 10.7 Å². The zero-order chi connectivity index (χ0) is 42.3. The molecule has 310 valence electrons. The summed E-state index contributed by atoms with van der Waals surface area (Å²) < 4.78 is 46.3. The number of nitrogens with one attached hydrogen (secondary N) is 1. The molecule has 0 saturated carbocycles. The van der Waals surface area contributed by atoms with E-state index >= 15 is 4.79 Å². The first-order chi connectivity index (χ1) is 28.8. The molecular weight excluding hydrogens is 780 g/mol. The van der Waals surface area contributed by atoms with Gasteiger partial charge in [0, 0.05) is 90.3 Å². The van der Waals surface area contributed by atoms with E-state index in [2.05, 4.69) is 23.2 Å². The fourth-order valence-electron chi connectivity index (χ4n) is 8.43. The van der Waals surface area contributed by atoms with Crippen LogP contribution < -0.4 is 11.4 Å². The number of rotatable bonds is 9. The smallest absolute Gasteiger partial charge is 0.338 e. The van der Waals surface area contributed by atoms with E-state index in [1.165, 1.54) is 14.7 Å². The number of benzene rings is 3. The van der Waals surface area contributed by atoms with E-state index in [0.717, 1.165) is 42.5 Å². The molecule has 0 aliphatic carbocycles. The molecule has 1 saturated heterocycles. The third-order valence-corrected chi connectivity index (χ3v) is 13.7. The van der Waals surface area contributed by atoms with Crippen LogP contribution in [0.3, 0.4) is 0 Å². The molecule has 2 atom stereocenters. The quantitative estimate of drug-likeness (QED) is 0.112. The maximum Gasteiger partial charge on any atom is 0.338 e. The average Bonchev–Trinajstić information content (AvgIpc) is 3.82. The van der Waals surface area contributed by atoms with Crippen LogP contribution >= 0.6 is 0 Å². The minimum Gasteiger partial charge on any atom is -0.402 e. The maximum absolute atomic E-state index is 15.1. The lowest BCUT2D eigenvalue weighted by atomic mass is 9.91. The lowest BCUT2D eigenvalue weighted by Crippen LogP contribution is -2.48. The first kappa shape index (κ1) is 40.7. The average molecular weight is 829 g/mol. The number of aromatic nitrogens is 4. The highest BCUT2D eigenvalue weighted by Gasteiger charge is 2.35. The van der Waals surface area contributed by atoms with Gasteiger partial charge in [0.05, 0.1) is 27.1 Å². The Balaban J connectivity index is 1.21. The van der Waals surface area contributed by atoms with Crippen LogP contribution in [0.4, 0.5) is 10.1 Å². The van der Waals surface area contributed by atoms with E-state index in [0.29, 0.717) is 69.8 Å². The molecule has 6 aromatic rings. The van der Waals surface area contributed by atoms with Gasteiger partial charge in [-0.05, 0) is 122 Å². The van der Waals surface area contributed by atoms with E-state index in [-0.39, 0.29) is 23.3 Å². The van der Waals surface area contributed by atoms with Crippen molar-refractivity contribution in [1.82, 2.24) is 23.6 Å². The van der Waals surface area contributed by atoms with Gasteiger partial charge in [0.15, 0.2) is 0 Å². The maximum atomic E-state index is 15.1. The van der Waals surface area contributed by atoms with Crippen LogP contribution in [0, 0.1) is 24.4 Å². The van der Waals surface area contributed by atoms with Gasteiger partial charge in [-0.15, -0.1) is 0 Å². The Hall–Kier alpha value is -6.12. The zero-order valence-corrected chi connectivity index (χ0v) is 35.0. The van der Waals surface area contributed by atoms with Crippen molar-refractivity contribution in [2.75, 3.05) is 25.5 Å². The molecule has 8 rings (SSSR count). The highest BCUT2D eigenvalue weighted by molar-refractivity contribution is 7.92. The summed E-state index contributed by atoms with van der Waals surface area (Å²) in [7, 11) is -2.95. The summed E-state index contributed by atoms with van der Waals surface area (Å²) >= 11 is 0. The summed E-state index contributed by atoms with van der Waals surface area (Å²) in [5.74, 6) is 0.221. The summed E-state index contributed by atoms with van der Waals surface area (Å²) in [6, 6.07) is 21.4. The van der Waals surface area contributed by atoms with Crippen molar-refractivity contribution in [3.63, 3.8) is 0 Å². The van der Waals surface area contributed by atoms with Gasteiger partial charge in [-0.2, -0.15) is 0 Å². The molecule has 2 aliphatic heterocycles. The number of ether oxygens (including phenoxy) is 1. The Kier molecular flexibility index (Phi) is 11.2. The van der Waals surface area contributed by atoms with Crippen LogP contribution in [0.1, 0.15) is 71.8 Å². The second-order valence-corrected chi connectivity index (χ2v) is 18.1. The molecule has 14 heteroatoms. The number of aliphatic imine (C=N–C) groups is 1. The predicted octanol–water partition coefficient (Wildman–Crippen LogP) is 7.84. The Morgan fingerprint density at radius 1 is 1.03 bits per heavy atom. The highest BCUT2D eigenvalue weighted by Crippen LogP contribution is 2.33. The fraction of sp³-hybridized carbons (Fsp3) is 0.304. The molecule has 5 heterocycles. The van der Waals surface area contributed by atoms with Crippen molar-refractivity contribution in [3.8, 4) is 5.69 Å². The van der Waals surface area contributed by atoms with Crippen molar-refractivity contribution < 1.29 is 18.1 Å². The van der Waals surface area contributed by atoms with Crippen LogP contribution in [0.2, 0.25) is 0 Å². The van der Waals surface area contributed by atoms with Crippen molar-refractivity contribution >= 4 is 38.1 Å². The second-order valence-electron chi connectivity index (χ2n) is 15.7. The number of nitrogens with two attached hydrogens (primary N) is 1. The summed E-state index contributed by atoms with van der Waals surface area (Å²) in [4.78, 5) is 41.0. The van der Waals surface area contributed by atoms with E-state index in [4.69, 9.17) is 20.2 Å². The molecule has 60 heavy (non-hydrogen) atoms. The molecule has 0 spiro atoms. The number of imidazole rings is 1. The van der Waals surface area contributed by atoms with E-state index < -0.39 is 21.5 Å². The fourth-order valence-corrected chi connectivity index (χ4v) is 9.34. The predicted molar refractivity (Wildman–Crippen MR) is 232 cm³/mol. The Morgan fingerprint density at radius 3 is 2.45 bits per heavy atom. The van der Waals surface area contributed by atoms with Crippen LogP contribution in [0.25, 0.3) is 16.6 Å². The SMILES string of the molecule is CC[S@](=N)(=O)c1ccc(-n2ccn(C(=Nc3cc(C)c(F)c(C)c3)C3=C(N)CCN(C(=O)c4cc5cc(C6CCOCC6)ccc5n4Cc4cccnc4)[C@H]3C)c2=O)cc1. The summed E-state index contributed by atoms with van der Waals surface area (Å²) in [6.45, 7) is 9.13. The Labute approximate surface area is 348 Å². The van der Waals surface area contributed by atoms with Crippen molar-refractivity contribution in [2.45, 2.75) is 70.4 Å². The van der Waals surface area contributed by atoms with E-state index in [1.54, 1.807) is 86.9 Å². The van der Waals surface area contributed by atoms with E-state index in [9.17, 15) is 13.4 Å². The third-order valence-electron chi connectivity index (χ3n) is 11.8. The van der Waals surface area contributed by atoms with Gasteiger partial charge in [-0.25, -0.2) is 23.2 Å². The molecular formula is C46H49FN8O4S. The number of hydrogen-bond acceptors (Lipinski definition) is 8. The lowest BCUT2D eigenvalue weighted by molar-refractivity contribution is 0.0700. The number of amides is 1. The van der Waals surface area contributed by atoms with Crippen molar-refractivity contribution in [1.29, 1.82) is 4.78 Å². The first-order valence-electron chi connectivity index (χ1n) is 20.3. The molecule has 3 aromatic heterocycles.